The third kappa shape index (κ3) is 4.35. The van der Waals surface area contributed by atoms with Crippen molar-refractivity contribution in [1.29, 1.82) is 0 Å². The molecule has 0 amide bonds. The lowest BCUT2D eigenvalue weighted by Gasteiger charge is -2.36. The van der Waals surface area contributed by atoms with Crippen LogP contribution >= 0.6 is 11.6 Å². The minimum Gasteiger partial charge on any atom is -0.370 e. The predicted molar refractivity (Wildman–Crippen MR) is 103 cm³/mol. The standard InChI is InChI=1S/C19H23ClN2O2S/c1-2-3-11-22-14-17(13-15-12-16(20)9-10-19(15)22)21-25(23,24)18-7-5-4-6-8-18/h4-10,12,17,21H,2-3,11,13-14H2,1H3. The van der Waals surface area contributed by atoms with Gasteiger partial charge in [-0.3, -0.25) is 0 Å². The normalized spacial score (nSPS) is 17.4. The molecule has 25 heavy (non-hydrogen) atoms. The highest BCUT2D eigenvalue weighted by atomic mass is 35.5. The van der Waals surface area contributed by atoms with E-state index < -0.39 is 10.0 Å². The number of fused-ring (bicyclic) bond motifs is 1. The second kappa shape index (κ2) is 7.77. The molecule has 6 heteroatoms. The zero-order valence-corrected chi connectivity index (χ0v) is 15.9. The van der Waals surface area contributed by atoms with Crippen LogP contribution in [-0.2, 0) is 16.4 Å². The van der Waals surface area contributed by atoms with E-state index in [4.69, 9.17) is 11.6 Å². The molecular formula is C19H23ClN2O2S. The van der Waals surface area contributed by atoms with Crippen molar-refractivity contribution in [3.63, 3.8) is 0 Å². The van der Waals surface area contributed by atoms with Crippen molar-refractivity contribution in [1.82, 2.24) is 4.72 Å². The SMILES string of the molecule is CCCCN1CC(NS(=O)(=O)c2ccccc2)Cc2cc(Cl)ccc21. The van der Waals surface area contributed by atoms with E-state index in [1.807, 2.05) is 24.3 Å². The van der Waals surface area contributed by atoms with Crippen molar-refractivity contribution < 1.29 is 8.42 Å². The number of benzene rings is 2. The Labute approximate surface area is 154 Å². The lowest BCUT2D eigenvalue weighted by Crippen LogP contribution is -2.48. The number of sulfonamides is 1. The van der Waals surface area contributed by atoms with E-state index in [-0.39, 0.29) is 6.04 Å². The highest BCUT2D eigenvalue weighted by molar-refractivity contribution is 7.89. The fraction of sp³-hybridized carbons (Fsp3) is 0.368. The lowest BCUT2D eigenvalue weighted by atomic mass is 9.98. The van der Waals surface area contributed by atoms with Crippen molar-refractivity contribution in [2.24, 2.45) is 0 Å². The summed E-state index contributed by atoms with van der Waals surface area (Å²) < 4.78 is 28.2. The number of unbranched alkanes of at least 4 members (excludes halogenated alkanes) is 1. The molecule has 0 spiro atoms. The maximum atomic E-state index is 12.6. The molecular weight excluding hydrogens is 356 g/mol. The second-order valence-electron chi connectivity index (χ2n) is 6.41. The van der Waals surface area contributed by atoms with Crippen LogP contribution in [0.2, 0.25) is 5.02 Å². The van der Waals surface area contributed by atoms with E-state index in [9.17, 15) is 8.42 Å². The second-order valence-corrected chi connectivity index (χ2v) is 8.56. The summed E-state index contributed by atoms with van der Waals surface area (Å²) in [5.41, 5.74) is 2.25. The first-order chi connectivity index (χ1) is 12.0. The van der Waals surface area contributed by atoms with E-state index >= 15 is 0 Å². The molecule has 1 aliphatic heterocycles. The number of nitrogens with one attached hydrogen (secondary N) is 1. The first-order valence-electron chi connectivity index (χ1n) is 8.60. The molecule has 3 rings (SSSR count). The van der Waals surface area contributed by atoms with Crippen molar-refractivity contribution in [2.45, 2.75) is 37.1 Å². The summed E-state index contributed by atoms with van der Waals surface area (Å²) >= 11 is 6.15. The Morgan fingerprint density at radius 1 is 1.20 bits per heavy atom. The molecule has 0 aromatic heterocycles. The molecule has 134 valence electrons. The van der Waals surface area contributed by atoms with Crippen molar-refractivity contribution in [2.75, 3.05) is 18.0 Å². The van der Waals surface area contributed by atoms with E-state index in [1.165, 1.54) is 0 Å². The van der Waals surface area contributed by atoms with Gasteiger partial charge >= 0.3 is 0 Å². The monoisotopic (exact) mass is 378 g/mol. The highest BCUT2D eigenvalue weighted by Gasteiger charge is 2.28. The smallest absolute Gasteiger partial charge is 0.240 e. The third-order valence-electron chi connectivity index (χ3n) is 4.45. The summed E-state index contributed by atoms with van der Waals surface area (Å²) in [6.45, 7) is 3.73. The topological polar surface area (TPSA) is 49.4 Å². The molecule has 0 saturated heterocycles. The summed E-state index contributed by atoms with van der Waals surface area (Å²) in [5, 5.41) is 0.681. The van der Waals surface area contributed by atoms with Gasteiger partial charge in [-0.2, -0.15) is 0 Å². The molecule has 0 fully saturated rings. The maximum absolute atomic E-state index is 12.6. The van der Waals surface area contributed by atoms with E-state index in [0.717, 1.165) is 30.6 Å². The Balaban J connectivity index is 1.83. The molecule has 0 aliphatic carbocycles. The van der Waals surface area contributed by atoms with Crippen LogP contribution in [0.1, 0.15) is 25.3 Å². The van der Waals surface area contributed by atoms with Gasteiger partial charge < -0.3 is 4.90 Å². The molecule has 2 aromatic rings. The van der Waals surface area contributed by atoms with E-state index in [0.29, 0.717) is 22.9 Å². The van der Waals surface area contributed by atoms with Gasteiger partial charge in [-0.15, -0.1) is 0 Å². The summed E-state index contributed by atoms with van der Waals surface area (Å²) in [6.07, 6.45) is 2.81. The Morgan fingerprint density at radius 3 is 2.68 bits per heavy atom. The van der Waals surface area contributed by atoms with Gasteiger partial charge in [-0.25, -0.2) is 13.1 Å². The Kier molecular flexibility index (Phi) is 5.67. The maximum Gasteiger partial charge on any atom is 0.240 e. The van der Waals surface area contributed by atoms with Gasteiger partial charge in [0.15, 0.2) is 0 Å². The molecule has 1 atom stereocenters. The summed E-state index contributed by atoms with van der Waals surface area (Å²) in [6, 6.07) is 14.2. The van der Waals surface area contributed by atoms with Gasteiger partial charge in [0.2, 0.25) is 10.0 Å². The van der Waals surface area contributed by atoms with Crippen LogP contribution in [0.15, 0.2) is 53.4 Å². The average molecular weight is 379 g/mol. The summed E-state index contributed by atoms with van der Waals surface area (Å²) in [5.74, 6) is 0. The van der Waals surface area contributed by atoms with Gasteiger partial charge in [-0.1, -0.05) is 43.1 Å². The summed E-state index contributed by atoms with van der Waals surface area (Å²) in [7, 11) is -3.53. The van der Waals surface area contributed by atoms with E-state index in [1.54, 1.807) is 24.3 Å². The molecule has 2 aromatic carbocycles. The molecule has 4 nitrogen and oxygen atoms in total. The van der Waals surface area contributed by atoms with E-state index in [2.05, 4.69) is 16.5 Å². The number of hydrogen-bond donors (Lipinski definition) is 1. The number of halogens is 1. The minimum absolute atomic E-state index is 0.173. The number of nitrogens with zero attached hydrogens (tertiary/aromatic N) is 1. The number of rotatable bonds is 6. The fourth-order valence-electron chi connectivity index (χ4n) is 3.25. The number of anilines is 1. The number of hydrogen-bond acceptors (Lipinski definition) is 3. The Morgan fingerprint density at radius 2 is 1.96 bits per heavy atom. The Bertz CT molecular complexity index is 825. The van der Waals surface area contributed by atoms with Crippen LogP contribution in [0.25, 0.3) is 0 Å². The summed E-state index contributed by atoms with van der Waals surface area (Å²) in [4.78, 5) is 2.56. The van der Waals surface area contributed by atoms with Crippen LogP contribution in [-0.4, -0.2) is 27.5 Å². The average Bonchev–Trinajstić information content (AvgIpc) is 2.59. The third-order valence-corrected chi connectivity index (χ3v) is 6.22. The van der Waals surface area contributed by atoms with Crippen LogP contribution in [0, 0.1) is 0 Å². The fourth-order valence-corrected chi connectivity index (χ4v) is 4.69. The molecule has 1 heterocycles. The minimum atomic E-state index is -3.53. The predicted octanol–water partition coefficient (Wildman–Crippen LogP) is 3.85. The van der Waals surface area contributed by atoms with Crippen LogP contribution in [0.5, 0.6) is 0 Å². The van der Waals surface area contributed by atoms with Crippen molar-refractivity contribution >= 4 is 27.3 Å². The molecule has 1 N–H and O–H groups in total. The first kappa shape index (κ1) is 18.2. The molecule has 0 bridgehead atoms. The van der Waals surface area contributed by atoms with Crippen LogP contribution in [0.4, 0.5) is 5.69 Å². The first-order valence-corrected chi connectivity index (χ1v) is 10.5. The molecule has 1 unspecified atom stereocenters. The molecule has 0 radical (unpaired) electrons. The van der Waals surface area contributed by atoms with Crippen LogP contribution < -0.4 is 9.62 Å². The zero-order chi connectivity index (χ0) is 17.9. The lowest BCUT2D eigenvalue weighted by molar-refractivity contribution is 0.522. The Hall–Kier alpha value is -1.56. The van der Waals surface area contributed by atoms with Gasteiger partial charge in [0.25, 0.3) is 0 Å². The molecule has 1 aliphatic rings. The highest BCUT2D eigenvalue weighted by Crippen LogP contribution is 2.30. The van der Waals surface area contributed by atoms with Gasteiger partial charge in [-0.05, 0) is 48.7 Å². The largest absolute Gasteiger partial charge is 0.370 e. The van der Waals surface area contributed by atoms with Gasteiger partial charge in [0.05, 0.1) is 4.90 Å². The zero-order valence-electron chi connectivity index (χ0n) is 14.3. The van der Waals surface area contributed by atoms with Gasteiger partial charge in [0, 0.05) is 29.8 Å². The quantitative estimate of drug-likeness (QED) is 0.830. The van der Waals surface area contributed by atoms with Crippen LogP contribution in [0.3, 0.4) is 0 Å². The van der Waals surface area contributed by atoms with Gasteiger partial charge in [0.1, 0.15) is 0 Å². The van der Waals surface area contributed by atoms with Crippen molar-refractivity contribution in [3.05, 3.63) is 59.1 Å². The molecule has 0 saturated carbocycles. The van der Waals surface area contributed by atoms with Crippen molar-refractivity contribution in [3.8, 4) is 0 Å².